The molecule has 7 heteroatoms. The number of nitrogens with one attached hydrogen (secondary N) is 1. The summed E-state index contributed by atoms with van der Waals surface area (Å²) < 4.78 is 49.8. The number of benzene rings is 1. The average molecular weight is 331 g/mol. The fourth-order valence-corrected chi connectivity index (χ4v) is 4.59. The molecule has 122 valence electrons. The molecular formula is C15H19F2NO3S. The maximum absolute atomic E-state index is 13.8. The van der Waals surface area contributed by atoms with Crippen LogP contribution < -0.4 is 5.32 Å². The maximum atomic E-state index is 13.8. The molecule has 0 unspecified atom stereocenters. The second kappa shape index (κ2) is 6.73. The molecule has 1 fully saturated rings. The van der Waals surface area contributed by atoms with Crippen LogP contribution in [0.25, 0.3) is 0 Å². The highest BCUT2D eigenvalue weighted by Crippen LogP contribution is 2.24. The molecule has 1 saturated heterocycles. The summed E-state index contributed by atoms with van der Waals surface area (Å²) in [6.45, 7) is 1.76. The Balaban J connectivity index is 2.01. The Bertz CT molecular complexity index is 661. The summed E-state index contributed by atoms with van der Waals surface area (Å²) in [6, 6.07) is 2.50. The molecule has 0 aliphatic carbocycles. The van der Waals surface area contributed by atoms with E-state index in [0.717, 1.165) is 18.2 Å². The van der Waals surface area contributed by atoms with Crippen molar-refractivity contribution in [1.29, 1.82) is 0 Å². The van der Waals surface area contributed by atoms with Gasteiger partial charge in [0.05, 0.1) is 17.5 Å². The second-order valence-corrected chi connectivity index (χ2v) is 7.90. The number of amides is 1. The molecule has 1 amide bonds. The molecule has 0 aromatic heterocycles. The van der Waals surface area contributed by atoms with Crippen LogP contribution in [0.1, 0.15) is 37.8 Å². The van der Waals surface area contributed by atoms with Crippen molar-refractivity contribution in [2.75, 3.05) is 11.5 Å². The van der Waals surface area contributed by atoms with Crippen molar-refractivity contribution < 1.29 is 22.0 Å². The van der Waals surface area contributed by atoms with Crippen molar-refractivity contribution in [3.8, 4) is 0 Å². The molecule has 4 nitrogen and oxygen atoms in total. The molecule has 2 rings (SSSR count). The van der Waals surface area contributed by atoms with Crippen LogP contribution in [-0.2, 0) is 14.6 Å². The lowest BCUT2D eigenvalue weighted by Gasteiger charge is -2.19. The van der Waals surface area contributed by atoms with Gasteiger partial charge in [-0.15, -0.1) is 0 Å². The van der Waals surface area contributed by atoms with Crippen LogP contribution in [0.3, 0.4) is 0 Å². The van der Waals surface area contributed by atoms with Gasteiger partial charge in [-0.25, -0.2) is 17.2 Å². The minimum absolute atomic E-state index is 0.0194. The Morgan fingerprint density at radius 3 is 2.73 bits per heavy atom. The van der Waals surface area contributed by atoms with E-state index in [4.69, 9.17) is 0 Å². The van der Waals surface area contributed by atoms with Crippen molar-refractivity contribution in [1.82, 2.24) is 5.32 Å². The third-order valence-corrected chi connectivity index (χ3v) is 5.71. The van der Waals surface area contributed by atoms with Gasteiger partial charge in [-0.1, -0.05) is 6.92 Å². The first-order valence-electron chi connectivity index (χ1n) is 7.25. The molecule has 1 aromatic rings. The van der Waals surface area contributed by atoms with Crippen LogP contribution in [0.2, 0.25) is 0 Å². The third-order valence-electron chi connectivity index (χ3n) is 3.88. The lowest BCUT2D eigenvalue weighted by molar-refractivity contribution is -0.122. The van der Waals surface area contributed by atoms with E-state index >= 15 is 0 Å². The van der Waals surface area contributed by atoms with E-state index in [-0.39, 0.29) is 35.3 Å². The number of rotatable bonds is 5. The third kappa shape index (κ3) is 4.25. The molecule has 1 aromatic carbocycles. The summed E-state index contributed by atoms with van der Waals surface area (Å²) in [6.07, 6.45) is 0.975. The van der Waals surface area contributed by atoms with Gasteiger partial charge in [0.25, 0.3) is 0 Å². The van der Waals surface area contributed by atoms with Crippen LogP contribution in [0.15, 0.2) is 18.2 Å². The Morgan fingerprint density at radius 2 is 2.14 bits per heavy atom. The summed E-state index contributed by atoms with van der Waals surface area (Å²) in [7, 11) is -3.03. The van der Waals surface area contributed by atoms with Crippen molar-refractivity contribution in [2.45, 2.75) is 32.2 Å². The monoisotopic (exact) mass is 331 g/mol. The second-order valence-electron chi connectivity index (χ2n) is 5.67. The number of hydrogen-bond donors (Lipinski definition) is 1. The van der Waals surface area contributed by atoms with Gasteiger partial charge in [0.15, 0.2) is 9.84 Å². The van der Waals surface area contributed by atoms with Crippen molar-refractivity contribution >= 4 is 15.7 Å². The van der Waals surface area contributed by atoms with Gasteiger partial charge < -0.3 is 5.32 Å². The van der Waals surface area contributed by atoms with Gasteiger partial charge in [0.2, 0.25) is 5.91 Å². The summed E-state index contributed by atoms with van der Waals surface area (Å²) in [5, 5.41) is 2.66. The molecule has 1 heterocycles. The largest absolute Gasteiger partial charge is 0.349 e. The predicted octanol–water partition coefficient (Wildman–Crippen LogP) is 2.36. The molecule has 1 N–H and O–H groups in total. The number of hydrogen-bond acceptors (Lipinski definition) is 3. The van der Waals surface area contributed by atoms with Crippen LogP contribution in [0.4, 0.5) is 8.78 Å². The zero-order chi connectivity index (χ0) is 16.3. The highest BCUT2D eigenvalue weighted by atomic mass is 32.2. The number of sulfone groups is 1. The summed E-state index contributed by atoms with van der Waals surface area (Å²) in [5.41, 5.74) is 0.106. The Labute approximate surface area is 128 Å². The minimum atomic E-state index is -3.03. The normalized spacial score (nSPS) is 21.5. The Kier molecular flexibility index (Phi) is 5.16. The van der Waals surface area contributed by atoms with Gasteiger partial charge in [0.1, 0.15) is 11.6 Å². The molecule has 0 bridgehead atoms. The summed E-state index contributed by atoms with van der Waals surface area (Å²) in [4.78, 5) is 12.0. The van der Waals surface area contributed by atoms with Crippen LogP contribution >= 0.6 is 0 Å². The van der Waals surface area contributed by atoms with E-state index in [9.17, 15) is 22.0 Å². The van der Waals surface area contributed by atoms with E-state index in [1.807, 2.05) is 0 Å². The Morgan fingerprint density at radius 1 is 1.41 bits per heavy atom. The summed E-state index contributed by atoms with van der Waals surface area (Å²) in [5.74, 6) is -1.54. The highest BCUT2D eigenvalue weighted by molar-refractivity contribution is 7.91. The van der Waals surface area contributed by atoms with Crippen LogP contribution in [0, 0.1) is 17.6 Å². The standard InChI is InChI=1S/C15H19F2NO3S/c1-2-14(12-8-11(16)3-4-13(12)17)18-15(19)7-10-5-6-22(20,21)9-10/h3-4,8,10,14H,2,5-7,9H2,1H3,(H,18,19)/t10-,14+/m1/s1. The maximum Gasteiger partial charge on any atom is 0.220 e. The minimum Gasteiger partial charge on any atom is -0.349 e. The Hall–Kier alpha value is -1.50. The zero-order valence-corrected chi connectivity index (χ0v) is 13.1. The summed E-state index contributed by atoms with van der Waals surface area (Å²) >= 11 is 0. The molecule has 1 aliphatic rings. The molecule has 2 atom stereocenters. The molecule has 0 spiro atoms. The van der Waals surface area contributed by atoms with Gasteiger partial charge in [0, 0.05) is 12.0 Å². The van der Waals surface area contributed by atoms with Crippen LogP contribution in [-0.4, -0.2) is 25.8 Å². The van der Waals surface area contributed by atoms with Crippen molar-refractivity contribution in [3.63, 3.8) is 0 Å². The fraction of sp³-hybridized carbons (Fsp3) is 0.533. The van der Waals surface area contributed by atoms with Gasteiger partial charge >= 0.3 is 0 Å². The van der Waals surface area contributed by atoms with E-state index in [1.165, 1.54) is 0 Å². The van der Waals surface area contributed by atoms with Gasteiger partial charge in [-0.2, -0.15) is 0 Å². The van der Waals surface area contributed by atoms with E-state index < -0.39 is 27.5 Å². The first kappa shape index (κ1) is 16.9. The topological polar surface area (TPSA) is 63.2 Å². The first-order valence-corrected chi connectivity index (χ1v) is 9.07. The molecule has 0 saturated carbocycles. The molecule has 1 aliphatic heterocycles. The van der Waals surface area contributed by atoms with E-state index in [0.29, 0.717) is 12.8 Å². The lowest BCUT2D eigenvalue weighted by Crippen LogP contribution is -2.30. The van der Waals surface area contributed by atoms with E-state index in [1.54, 1.807) is 6.92 Å². The van der Waals surface area contributed by atoms with Crippen molar-refractivity contribution in [3.05, 3.63) is 35.4 Å². The molecular weight excluding hydrogens is 312 g/mol. The fourth-order valence-electron chi connectivity index (χ4n) is 2.73. The molecule has 0 radical (unpaired) electrons. The number of halogens is 2. The first-order chi connectivity index (χ1) is 10.3. The van der Waals surface area contributed by atoms with Gasteiger partial charge in [-0.05, 0) is 37.0 Å². The average Bonchev–Trinajstić information content (AvgIpc) is 2.78. The van der Waals surface area contributed by atoms with Crippen molar-refractivity contribution in [2.24, 2.45) is 5.92 Å². The lowest BCUT2D eigenvalue weighted by atomic mass is 10.0. The number of carbonyl (C=O) groups excluding carboxylic acids is 1. The highest BCUT2D eigenvalue weighted by Gasteiger charge is 2.30. The smallest absolute Gasteiger partial charge is 0.220 e. The predicted molar refractivity (Wildman–Crippen MR) is 78.9 cm³/mol. The zero-order valence-electron chi connectivity index (χ0n) is 12.3. The quantitative estimate of drug-likeness (QED) is 0.901. The number of carbonyl (C=O) groups is 1. The SMILES string of the molecule is CC[C@H](NC(=O)C[C@H]1CCS(=O)(=O)C1)c1cc(F)ccc1F. The van der Waals surface area contributed by atoms with Gasteiger partial charge in [-0.3, -0.25) is 4.79 Å². The van der Waals surface area contributed by atoms with Crippen LogP contribution in [0.5, 0.6) is 0 Å². The molecule has 22 heavy (non-hydrogen) atoms. The van der Waals surface area contributed by atoms with E-state index in [2.05, 4.69) is 5.32 Å².